The topological polar surface area (TPSA) is 102 Å². The first kappa shape index (κ1) is 23.4. The van der Waals surface area contributed by atoms with E-state index in [1.54, 1.807) is 10.9 Å². The van der Waals surface area contributed by atoms with Crippen LogP contribution in [0.2, 0.25) is 0 Å². The third kappa shape index (κ3) is 5.06. The Kier molecular flexibility index (Phi) is 6.79. The van der Waals surface area contributed by atoms with Crippen LogP contribution in [0.1, 0.15) is 60.5 Å². The van der Waals surface area contributed by atoms with Crippen LogP contribution in [0, 0.1) is 13.8 Å². The number of pyridine rings is 1. The molecule has 0 bridgehead atoms. The number of nitrogens with zero attached hydrogens (tertiary/aromatic N) is 5. The number of ether oxygens (including phenoxy) is 1. The van der Waals surface area contributed by atoms with Crippen LogP contribution in [0.4, 0.5) is 0 Å². The zero-order valence-electron chi connectivity index (χ0n) is 20.5. The summed E-state index contributed by atoms with van der Waals surface area (Å²) in [4.78, 5) is 18.6. The first-order chi connectivity index (χ1) is 17.0. The summed E-state index contributed by atoms with van der Waals surface area (Å²) in [6.45, 7) is 8.64. The molecule has 0 spiro atoms. The van der Waals surface area contributed by atoms with Gasteiger partial charge in [0.1, 0.15) is 12.3 Å². The third-order valence-corrected chi connectivity index (χ3v) is 6.78. The lowest BCUT2D eigenvalue weighted by molar-refractivity contribution is 0.0488. The van der Waals surface area contributed by atoms with Crippen molar-refractivity contribution in [1.82, 2.24) is 30.1 Å². The number of aromatic amines is 1. The highest BCUT2D eigenvalue weighted by Crippen LogP contribution is 2.27. The largest absolute Gasteiger partial charge is 0.467 e. The van der Waals surface area contributed by atoms with Crippen molar-refractivity contribution in [2.45, 2.75) is 65.3 Å². The Bertz CT molecular complexity index is 1340. The summed E-state index contributed by atoms with van der Waals surface area (Å²) in [7, 11) is 0. The number of aryl methyl sites for hydroxylation is 2. The molecule has 1 fully saturated rings. The van der Waals surface area contributed by atoms with Gasteiger partial charge in [0.25, 0.3) is 5.56 Å². The van der Waals surface area contributed by atoms with Gasteiger partial charge in [-0.15, -0.1) is 5.10 Å². The molecule has 5 rings (SSSR count). The summed E-state index contributed by atoms with van der Waals surface area (Å²) < 4.78 is 13.3. The number of nitrogens with one attached hydrogen (secondary N) is 1. The van der Waals surface area contributed by atoms with Crippen LogP contribution < -0.4 is 5.56 Å². The Morgan fingerprint density at radius 1 is 1.29 bits per heavy atom. The number of rotatable bonds is 9. The Labute approximate surface area is 204 Å². The minimum Gasteiger partial charge on any atom is -0.467 e. The number of benzene rings is 1. The van der Waals surface area contributed by atoms with Crippen molar-refractivity contribution < 1.29 is 9.15 Å². The molecule has 2 atom stereocenters. The van der Waals surface area contributed by atoms with E-state index in [1.165, 1.54) is 5.56 Å². The van der Waals surface area contributed by atoms with Gasteiger partial charge in [0, 0.05) is 25.3 Å². The lowest BCUT2D eigenvalue weighted by atomic mass is 10.0. The van der Waals surface area contributed by atoms with E-state index >= 15 is 0 Å². The molecule has 1 aliphatic heterocycles. The van der Waals surface area contributed by atoms with E-state index in [0.717, 1.165) is 59.5 Å². The molecule has 3 aromatic heterocycles. The summed E-state index contributed by atoms with van der Waals surface area (Å²) in [6, 6.07) is 9.92. The van der Waals surface area contributed by atoms with E-state index in [4.69, 9.17) is 9.15 Å². The van der Waals surface area contributed by atoms with E-state index < -0.39 is 0 Å². The number of tetrazole rings is 1. The Balaban J connectivity index is 1.50. The van der Waals surface area contributed by atoms with Gasteiger partial charge < -0.3 is 14.1 Å². The average molecular weight is 477 g/mol. The molecule has 4 heterocycles. The molecule has 4 aromatic rings. The maximum atomic E-state index is 13.1. The van der Waals surface area contributed by atoms with E-state index in [1.807, 2.05) is 25.1 Å². The maximum absolute atomic E-state index is 13.1. The van der Waals surface area contributed by atoms with Crippen molar-refractivity contribution >= 4 is 10.9 Å². The van der Waals surface area contributed by atoms with E-state index in [0.29, 0.717) is 19.6 Å². The lowest BCUT2D eigenvalue weighted by Crippen LogP contribution is -2.37. The van der Waals surface area contributed by atoms with Gasteiger partial charge in [-0.1, -0.05) is 18.6 Å². The van der Waals surface area contributed by atoms with Gasteiger partial charge in [-0.25, -0.2) is 4.68 Å². The van der Waals surface area contributed by atoms with Gasteiger partial charge in [0.2, 0.25) is 0 Å². The van der Waals surface area contributed by atoms with Gasteiger partial charge in [-0.3, -0.25) is 9.69 Å². The van der Waals surface area contributed by atoms with Crippen molar-refractivity contribution in [2.75, 3.05) is 13.2 Å². The van der Waals surface area contributed by atoms with Crippen molar-refractivity contribution in [3.05, 3.63) is 75.2 Å². The molecule has 0 amide bonds. The number of aromatic nitrogens is 5. The van der Waals surface area contributed by atoms with Crippen LogP contribution in [-0.2, 0) is 17.8 Å². The van der Waals surface area contributed by atoms with Gasteiger partial charge in [-0.05, 0) is 78.8 Å². The normalized spacial score (nSPS) is 17.0. The molecule has 0 radical (unpaired) electrons. The second-order valence-electron chi connectivity index (χ2n) is 9.43. The Morgan fingerprint density at radius 3 is 2.91 bits per heavy atom. The number of fused-ring (bicyclic) bond motifs is 1. The van der Waals surface area contributed by atoms with E-state index in [2.05, 4.69) is 51.4 Å². The number of H-pyrrole nitrogens is 1. The monoisotopic (exact) mass is 476 g/mol. The molecule has 1 aliphatic rings. The summed E-state index contributed by atoms with van der Waals surface area (Å²) in [5, 5.41) is 13.6. The van der Waals surface area contributed by atoms with Crippen molar-refractivity contribution in [1.29, 1.82) is 0 Å². The number of hydrogen-bond acceptors (Lipinski definition) is 7. The molecule has 9 nitrogen and oxygen atoms in total. The fourth-order valence-corrected chi connectivity index (χ4v) is 5.14. The quantitative estimate of drug-likeness (QED) is 0.391. The summed E-state index contributed by atoms with van der Waals surface area (Å²) in [5.74, 6) is 1.54. The Morgan fingerprint density at radius 2 is 2.17 bits per heavy atom. The molecule has 184 valence electrons. The molecular formula is C26H32N6O3. The van der Waals surface area contributed by atoms with Crippen LogP contribution >= 0.6 is 0 Å². The van der Waals surface area contributed by atoms with Crippen molar-refractivity contribution in [2.24, 2.45) is 0 Å². The van der Waals surface area contributed by atoms with Gasteiger partial charge >= 0.3 is 0 Å². The molecule has 0 aliphatic carbocycles. The fourth-order valence-electron chi connectivity index (χ4n) is 5.14. The SMILES string of the molecule is CC[C@@H](c1nnnn1Cc1ccco1)N(Cc1cc2cc(C)cc(C)c2[nH]c1=O)C[C@@H]1CCCO1. The highest BCUT2D eigenvalue weighted by molar-refractivity contribution is 5.82. The van der Waals surface area contributed by atoms with Crippen molar-refractivity contribution in [3.8, 4) is 0 Å². The molecule has 0 unspecified atom stereocenters. The fraction of sp³-hybridized carbons (Fsp3) is 0.462. The van der Waals surface area contributed by atoms with E-state index in [9.17, 15) is 4.79 Å². The molecule has 35 heavy (non-hydrogen) atoms. The van der Waals surface area contributed by atoms with E-state index in [-0.39, 0.29) is 17.7 Å². The third-order valence-electron chi connectivity index (χ3n) is 6.78. The number of hydrogen-bond donors (Lipinski definition) is 1. The van der Waals surface area contributed by atoms with Crippen LogP contribution in [0.25, 0.3) is 10.9 Å². The zero-order valence-corrected chi connectivity index (χ0v) is 20.5. The highest BCUT2D eigenvalue weighted by atomic mass is 16.5. The van der Waals surface area contributed by atoms with Crippen LogP contribution in [0.15, 0.2) is 45.8 Å². The highest BCUT2D eigenvalue weighted by Gasteiger charge is 2.29. The number of furan rings is 1. The zero-order chi connectivity index (χ0) is 24.4. The molecule has 1 aromatic carbocycles. The predicted octanol–water partition coefficient (Wildman–Crippen LogP) is 3.91. The molecule has 1 saturated heterocycles. The molecule has 1 N–H and O–H groups in total. The van der Waals surface area contributed by atoms with Crippen LogP contribution in [-0.4, -0.2) is 49.3 Å². The van der Waals surface area contributed by atoms with Gasteiger partial charge in [0.05, 0.1) is 23.9 Å². The molecule has 9 heteroatoms. The summed E-state index contributed by atoms with van der Waals surface area (Å²) in [5.41, 5.74) is 3.80. The van der Waals surface area contributed by atoms with Crippen LogP contribution in [0.5, 0.6) is 0 Å². The maximum Gasteiger partial charge on any atom is 0.252 e. The minimum atomic E-state index is -0.0847. The summed E-state index contributed by atoms with van der Waals surface area (Å²) in [6.07, 6.45) is 4.63. The molecule has 0 saturated carbocycles. The summed E-state index contributed by atoms with van der Waals surface area (Å²) >= 11 is 0. The smallest absolute Gasteiger partial charge is 0.252 e. The molecular weight excluding hydrogens is 444 g/mol. The predicted molar refractivity (Wildman–Crippen MR) is 132 cm³/mol. The van der Waals surface area contributed by atoms with Gasteiger partial charge in [0.15, 0.2) is 5.82 Å². The second kappa shape index (κ2) is 10.1. The standard InChI is InChI=1S/C26H32N6O3/c1-4-23(25-28-29-30-32(25)16-22-8-6-10-35-22)31(15-21-7-5-9-34-21)14-20-13-19-12-17(2)11-18(3)24(19)27-26(20)33/h6,8,10-13,21,23H,4-5,7,9,14-16H2,1-3H3,(H,27,33)/t21-,23-/m0/s1. The second-order valence-corrected chi connectivity index (χ2v) is 9.43. The van der Waals surface area contributed by atoms with Crippen molar-refractivity contribution in [3.63, 3.8) is 0 Å². The van der Waals surface area contributed by atoms with Gasteiger partial charge in [-0.2, -0.15) is 0 Å². The minimum absolute atomic E-state index is 0.0631. The Hall–Kier alpha value is -3.30. The first-order valence-electron chi connectivity index (χ1n) is 12.3. The lowest BCUT2D eigenvalue weighted by Gasteiger charge is -2.32. The first-order valence-corrected chi connectivity index (χ1v) is 12.3. The average Bonchev–Trinajstić information content (AvgIpc) is 3.60. The van der Waals surface area contributed by atoms with Crippen LogP contribution in [0.3, 0.4) is 0 Å².